The first kappa shape index (κ1) is 15.8. The van der Waals surface area contributed by atoms with E-state index < -0.39 is 7.81 Å². The molecule has 2 aliphatic rings. The minimum atomic E-state index is -10.7. The van der Waals surface area contributed by atoms with Gasteiger partial charge in [0.25, 0.3) is 0 Å². The Hall–Kier alpha value is -1.59. The van der Waals surface area contributed by atoms with Crippen molar-refractivity contribution in [3.05, 3.63) is 59.3 Å². The standard InChI is InChI=1S/C13H11N.F6P/c1-3-7-12-10(5-1)9-11-6-2-4-8-13(11)14-12;1-7(2,3,4,5)6/h1-5,7-9,14H,6H2;/q;-1/p+1. The SMILES string of the molecule is C1=CCC2=Cc3ccccc3[NH2+]C2=C1.F[P-](F)(F)(F)(F)F. The van der Waals surface area contributed by atoms with Gasteiger partial charge in [-0.15, -0.1) is 0 Å². The first-order valence-electron chi connectivity index (χ1n) is 5.96. The summed E-state index contributed by atoms with van der Waals surface area (Å²) in [5.41, 5.74) is 5.48. The second kappa shape index (κ2) is 4.45. The fraction of sp³-hybridized carbons (Fsp3) is 0.0769. The van der Waals surface area contributed by atoms with Gasteiger partial charge in [0.2, 0.25) is 0 Å². The van der Waals surface area contributed by atoms with Crippen LogP contribution in [0.15, 0.2) is 53.8 Å². The predicted octanol–water partition coefficient (Wildman–Crippen LogP) is 5.50. The van der Waals surface area contributed by atoms with Crippen molar-refractivity contribution in [1.29, 1.82) is 0 Å². The van der Waals surface area contributed by atoms with E-state index in [-0.39, 0.29) is 0 Å². The predicted molar refractivity (Wildman–Crippen MR) is 71.4 cm³/mol. The maximum atomic E-state index is 9.87. The van der Waals surface area contributed by atoms with Gasteiger partial charge in [0, 0.05) is 17.2 Å². The molecular formula is C13H12F6NP. The summed E-state index contributed by atoms with van der Waals surface area (Å²) in [5.74, 6) is 0. The van der Waals surface area contributed by atoms with Crippen LogP contribution in [0.25, 0.3) is 6.08 Å². The second-order valence-electron chi connectivity index (χ2n) is 4.66. The normalized spacial score (nSPS) is 19.7. The third-order valence-electron chi connectivity index (χ3n) is 2.76. The van der Waals surface area contributed by atoms with E-state index in [0.717, 1.165) is 6.42 Å². The van der Waals surface area contributed by atoms with Crippen molar-refractivity contribution in [2.45, 2.75) is 6.42 Å². The fourth-order valence-electron chi connectivity index (χ4n) is 2.00. The van der Waals surface area contributed by atoms with Crippen LogP contribution >= 0.6 is 7.81 Å². The van der Waals surface area contributed by atoms with Crippen LogP contribution in [0.2, 0.25) is 0 Å². The van der Waals surface area contributed by atoms with E-state index in [4.69, 9.17) is 0 Å². The van der Waals surface area contributed by atoms with Crippen molar-refractivity contribution in [1.82, 2.24) is 0 Å². The van der Waals surface area contributed by atoms with Gasteiger partial charge in [-0.05, 0) is 24.6 Å². The second-order valence-corrected chi connectivity index (χ2v) is 6.57. The van der Waals surface area contributed by atoms with Crippen molar-refractivity contribution in [2.75, 3.05) is 0 Å². The molecule has 1 aromatic rings. The van der Waals surface area contributed by atoms with Gasteiger partial charge in [-0.25, -0.2) is 0 Å². The zero-order valence-electron chi connectivity index (χ0n) is 10.6. The molecule has 0 spiro atoms. The number of hydrogen-bond acceptors (Lipinski definition) is 0. The van der Waals surface area contributed by atoms with Gasteiger partial charge >= 0.3 is 33.0 Å². The fourth-order valence-corrected chi connectivity index (χ4v) is 2.00. The molecule has 116 valence electrons. The number of hydrogen-bond donors (Lipinski definition) is 1. The van der Waals surface area contributed by atoms with Crippen LogP contribution in [0.4, 0.5) is 30.9 Å². The van der Waals surface area contributed by atoms with Gasteiger partial charge in [0.05, 0.1) is 0 Å². The molecule has 0 aromatic heterocycles. The minimum absolute atomic E-state index is 1.07. The van der Waals surface area contributed by atoms with E-state index in [1.165, 1.54) is 22.5 Å². The van der Waals surface area contributed by atoms with Crippen molar-refractivity contribution < 1.29 is 30.5 Å². The van der Waals surface area contributed by atoms with Crippen molar-refractivity contribution in [3.8, 4) is 0 Å². The number of para-hydroxylation sites is 1. The molecule has 0 atom stereocenters. The van der Waals surface area contributed by atoms with Gasteiger partial charge in [-0.1, -0.05) is 24.3 Å². The molecule has 1 nitrogen and oxygen atoms in total. The number of rotatable bonds is 0. The van der Waals surface area contributed by atoms with Crippen molar-refractivity contribution >= 4 is 19.6 Å². The Morgan fingerprint density at radius 2 is 1.57 bits per heavy atom. The molecule has 0 amide bonds. The molecule has 2 N–H and O–H groups in total. The maximum absolute atomic E-state index is 10.7. The van der Waals surface area contributed by atoms with Crippen LogP contribution in [0, 0.1) is 0 Å². The Bertz CT molecular complexity index is 643. The van der Waals surface area contributed by atoms with E-state index >= 15 is 0 Å². The Balaban J connectivity index is 0.000000199. The third-order valence-corrected chi connectivity index (χ3v) is 2.76. The molecule has 3 rings (SSSR count). The van der Waals surface area contributed by atoms with E-state index in [2.05, 4.69) is 53.9 Å². The van der Waals surface area contributed by atoms with Crippen LogP contribution in [0.1, 0.15) is 12.0 Å². The van der Waals surface area contributed by atoms with Gasteiger partial charge in [-0.3, -0.25) is 5.32 Å². The van der Waals surface area contributed by atoms with Gasteiger partial charge in [0.15, 0.2) is 0 Å². The molecule has 0 radical (unpaired) electrons. The van der Waals surface area contributed by atoms with Gasteiger partial charge < -0.3 is 0 Å². The Labute approximate surface area is 116 Å². The quantitative estimate of drug-likeness (QED) is 0.368. The van der Waals surface area contributed by atoms with Crippen LogP contribution < -0.4 is 5.32 Å². The summed E-state index contributed by atoms with van der Waals surface area (Å²) in [6.45, 7) is 0. The summed E-state index contributed by atoms with van der Waals surface area (Å²) in [6, 6.07) is 8.53. The van der Waals surface area contributed by atoms with E-state index in [0.29, 0.717) is 0 Å². The zero-order chi connectivity index (χ0) is 15.8. The van der Waals surface area contributed by atoms with Crippen LogP contribution in [0.5, 0.6) is 0 Å². The zero-order valence-corrected chi connectivity index (χ0v) is 11.5. The number of benzene rings is 1. The topological polar surface area (TPSA) is 16.6 Å². The number of halogens is 6. The Kier molecular flexibility index (Phi) is 3.35. The van der Waals surface area contributed by atoms with Gasteiger partial charge in [0.1, 0.15) is 11.4 Å². The average Bonchev–Trinajstić information content (AvgIpc) is 2.32. The molecule has 0 unspecified atom stereocenters. The summed E-state index contributed by atoms with van der Waals surface area (Å²) in [6.07, 6.45) is 9.89. The molecule has 0 saturated heterocycles. The Morgan fingerprint density at radius 1 is 0.952 bits per heavy atom. The molecule has 1 aliphatic heterocycles. The molecule has 1 aromatic carbocycles. The monoisotopic (exact) mass is 327 g/mol. The average molecular weight is 327 g/mol. The number of allylic oxidation sites excluding steroid dienone is 4. The number of fused-ring (bicyclic) bond motifs is 2. The molecule has 1 heterocycles. The molecule has 8 heteroatoms. The number of nitrogens with two attached hydrogens (primary N) is 1. The summed E-state index contributed by atoms with van der Waals surface area (Å²) in [4.78, 5) is 0. The van der Waals surface area contributed by atoms with E-state index in [1.54, 1.807) is 0 Å². The van der Waals surface area contributed by atoms with Gasteiger partial charge in [-0.2, -0.15) is 0 Å². The summed E-state index contributed by atoms with van der Waals surface area (Å²) in [7, 11) is -10.7. The van der Waals surface area contributed by atoms with E-state index in [9.17, 15) is 25.2 Å². The van der Waals surface area contributed by atoms with E-state index in [1.807, 2.05) is 0 Å². The molecular weight excluding hydrogens is 315 g/mol. The van der Waals surface area contributed by atoms with Crippen LogP contribution in [-0.2, 0) is 0 Å². The molecule has 0 bridgehead atoms. The molecule has 0 fully saturated rings. The van der Waals surface area contributed by atoms with Crippen molar-refractivity contribution in [3.63, 3.8) is 0 Å². The third kappa shape index (κ3) is 6.14. The Morgan fingerprint density at radius 3 is 2.24 bits per heavy atom. The first-order valence-corrected chi connectivity index (χ1v) is 7.99. The first-order chi connectivity index (χ1) is 9.38. The van der Waals surface area contributed by atoms with Crippen LogP contribution in [-0.4, -0.2) is 0 Å². The molecule has 1 aliphatic carbocycles. The summed E-state index contributed by atoms with van der Waals surface area (Å²) < 4.78 is 59.2. The van der Waals surface area contributed by atoms with Crippen LogP contribution in [0.3, 0.4) is 0 Å². The number of quaternary nitrogens is 1. The van der Waals surface area contributed by atoms with Crippen molar-refractivity contribution in [2.24, 2.45) is 0 Å². The molecule has 21 heavy (non-hydrogen) atoms. The summed E-state index contributed by atoms with van der Waals surface area (Å²) in [5, 5.41) is 2.27. The summed E-state index contributed by atoms with van der Waals surface area (Å²) >= 11 is 0. The molecule has 0 saturated carbocycles.